The molecule has 0 amide bonds. The number of aromatic nitrogens is 2. The molecule has 42 heavy (non-hydrogen) atoms. The Kier molecular flexibility index (Phi) is 9.85. The third kappa shape index (κ3) is 7.24. The Hall–Kier alpha value is -2.75. The fraction of sp³-hybridized carbons (Fsp3) is 0.480. The monoisotopic (exact) mass is 681 g/mol. The van der Waals surface area contributed by atoms with Crippen LogP contribution in [-0.2, 0) is 29.5 Å². The fourth-order valence-electron chi connectivity index (χ4n) is 4.83. The zero-order chi connectivity index (χ0) is 30.7. The van der Waals surface area contributed by atoms with Crippen LogP contribution in [0, 0.1) is 0 Å². The number of methoxy groups -OCH3 is 1. The second-order valence-electron chi connectivity index (χ2n) is 9.78. The van der Waals surface area contributed by atoms with E-state index in [9.17, 15) is 37.2 Å². The highest BCUT2D eigenvalue weighted by Gasteiger charge is 2.49. The first-order valence-corrected chi connectivity index (χ1v) is 15.2. The molecular weight excluding hydrogens is 654 g/mol. The Balaban J connectivity index is 1.56. The van der Waals surface area contributed by atoms with Gasteiger partial charge < -0.3 is 19.1 Å². The highest BCUT2D eigenvalue weighted by molar-refractivity contribution is 9.11. The summed E-state index contributed by atoms with van der Waals surface area (Å²) in [4.78, 5) is 40.7. The summed E-state index contributed by atoms with van der Waals surface area (Å²) >= 11 is 3.06. The minimum absolute atomic E-state index is 0.0962. The van der Waals surface area contributed by atoms with Gasteiger partial charge in [-0.2, -0.15) is 18.3 Å². The van der Waals surface area contributed by atoms with Crippen molar-refractivity contribution in [3.8, 4) is 5.75 Å². The molecule has 2 aliphatic rings. The van der Waals surface area contributed by atoms with E-state index in [0.29, 0.717) is 12.8 Å². The standard InChI is InChI=1S/C25H28BrF3N3O9P/c1-38-22(35)24(9-2-3-10-24)31-42(37,41-17-6-4-16(5-7-17)25(27,28)29)39-14-19-18(33)12-20(40-19)32-13-15(8-11-26)21(34)30-23(32)36/h4-8,11,13,18-20,33H,2-3,9-10,12,14H2,1H3,(H,31,37)(H,30,34,36)/b11-8+/t18-,19+,20+,42?/m0/s1. The van der Waals surface area contributed by atoms with Crippen LogP contribution in [0.15, 0.2) is 45.0 Å². The number of benzene rings is 1. The fourth-order valence-corrected chi connectivity index (χ4v) is 6.86. The molecule has 1 aliphatic heterocycles. The molecule has 2 fully saturated rings. The van der Waals surface area contributed by atoms with E-state index in [2.05, 4.69) is 26.0 Å². The van der Waals surface area contributed by atoms with Crippen LogP contribution in [0.3, 0.4) is 0 Å². The molecule has 1 aliphatic carbocycles. The van der Waals surface area contributed by atoms with Crippen molar-refractivity contribution in [1.29, 1.82) is 0 Å². The summed E-state index contributed by atoms with van der Waals surface area (Å²) in [5.41, 5.74) is -3.70. The van der Waals surface area contributed by atoms with E-state index in [4.69, 9.17) is 18.5 Å². The van der Waals surface area contributed by atoms with Crippen molar-refractivity contribution in [1.82, 2.24) is 14.6 Å². The number of rotatable bonds is 10. The maximum atomic E-state index is 14.0. The number of H-pyrrole nitrogens is 1. The average molecular weight is 682 g/mol. The lowest BCUT2D eigenvalue weighted by Crippen LogP contribution is -2.50. The number of esters is 1. The van der Waals surface area contributed by atoms with Crippen LogP contribution in [0.1, 0.15) is 49.5 Å². The molecule has 2 aromatic rings. The third-order valence-corrected chi connectivity index (χ3v) is 8.86. The summed E-state index contributed by atoms with van der Waals surface area (Å²) < 4.78 is 76.0. The van der Waals surface area contributed by atoms with Crippen molar-refractivity contribution in [2.75, 3.05) is 13.7 Å². The molecule has 1 unspecified atom stereocenters. The Morgan fingerprint density at radius 3 is 2.55 bits per heavy atom. The number of hydrogen-bond acceptors (Lipinski definition) is 9. The van der Waals surface area contributed by atoms with Crippen LogP contribution in [0.2, 0.25) is 0 Å². The molecule has 230 valence electrons. The molecule has 3 N–H and O–H groups in total. The SMILES string of the molecule is COC(=O)C1(NP(=O)(OC[C@H]2O[C@@H](n3cc(/C=C/Br)c(=O)[nH]c3=O)C[C@@H]2O)Oc2ccc(C(F)(F)F)cc2)CCCC1. The minimum Gasteiger partial charge on any atom is -0.468 e. The van der Waals surface area contributed by atoms with E-state index in [-0.39, 0.29) is 30.6 Å². The maximum absolute atomic E-state index is 14.0. The Morgan fingerprint density at radius 2 is 1.95 bits per heavy atom. The predicted molar refractivity (Wildman–Crippen MR) is 146 cm³/mol. The second kappa shape index (κ2) is 12.9. The number of carbonyl (C=O) groups excluding carboxylic acids is 1. The van der Waals surface area contributed by atoms with Crippen molar-refractivity contribution in [2.24, 2.45) is 0 Å². The molecule has 4 atom stereocenters. The van der Waals surface area contributed by atoms with Gasteiger partial charge in [0.1, 0.15) is 23.6 Å². The molecule has 0 radical (unpaired) electrons. The first kappa shape index (κ1) is 32.2. The molecule has 1 saturated heterocycles. The Morgan fingerprint density at radius 1 is 1.29 bits per heavy atom. The van der Waals surface area contributed by atoms with Crippen LogP contribution in [0.4, 0.5) is 13.2 Å². The number of alkyl halides is 3. The van der Waals surface area contributed by atoms with E-state index in [0.717, 1.165) is 35.9 Å². The van der Waals surface area contributed by atoms with Gasteiger partial charge in [-0.3, -0.25) is 23.7 Å². The van der Waals surface area contributed by atoms with Gasteiger partial charge >= 0.3 is 25.6 Å². The van der Waals surface area contributed by atoms with Gasteiger partial charge in [0.15, 0.2) is 0 Å². The molecule has 2 heterocycles. The van der Waals surface area contributed by atoms with Crippen molar-refractivity contribution in [2.45, 2.75) is 62.3 Å². The van der Waals surface area contributed by atoms with Crippen LogP contribution in [0.25, 0.3) is 6.08 Å². The lowest BCUT2D eigenvalue weighted by atomic mass is 10.00. The van der Waals surface area contributed by atoms with Crippen LogP contribution in [0.5, 0.6) is 5.75 Å². The van der Waals surface area contributed by atoms with Crippen LogP contribution >= 0.6 is 23.7 Å². The number of aromatic amines is 1. The van der Waals surface area contributed by atoms with Gasteiger partial charge in [-0.15, -0.1) is 0 Å². The van der Waals surface area contributed by atoms with Crippen molar-refractivity contribution >= 4 is 35.7 Å². The Labute approximate surface area is 245 Å². The molecule has 12 nitrogen and oxygen atoms in total. The van der Waals surface area contributed by atoms with E-state index in [1.807, 2.05) is 0 Å². The average Bonchev–Trinajstić information content (AvgIpc) is 3.55. The zero-order valence-corrected chi connectivity index (χ0v) is 24.6. The summed E-state index contributed by atoms with van der Waals surface area (Å²) in [7, 11) is -3.38. The number of halogens is 4. The summed E-state index contributed by atoms with van der Waals surface area (Å²) in [6.07, 6.45) is -3.80. The summed E-state index contributed by atoms with van der Waals surface area (Å²) in [5, 5.41) is 13.3. The smallest absolute Gasteiger partial charge is 0.459 e. The molecule has 0 bridgehead atoms. The number of ether oxygens (including phenoxy) is 2. The highest BCUT2D eigenvalue weighted by Crippen LogP contribution is 2.50. The number of carbonyl (C=O) groups is 1. The summed E-state index contributed by atoms with van der Waals surface area (Å²) in [6.45, 7) is -0.563. The topological polar surface area (TPSA) is 158 Å². The molecule has 1 aromatic heterocycles. The molecule has 4 rings (SSSR count). The third-order valence-electron chi connectivity index (χ3n) is 6.95. The van der Waals surface area contributed by atoms with Gasteiger partial charge in [-0.05, 0) is 48.2 Å². The quantitative estimate of drug-likeness (QED) is 0.248. The van der Waals surface area contributed by atoms with Gasteiger partial charge in [0, 0.05) is 12.6 Å². The van der Waals surface area contributed by atoms with Gasteiger partial charge in [-0.1, -0.05) is 28.8 Å². The molecule has 17 heteroatoms. The number of nitrogens with zero attached hydrogens (tertiary/aromatic N) is 1. The molecular formula is C25H28BrF3N3O9P. The first-order valence-electron chi connectivity index (χ1n) is 12.7. The van der Waals surface area contributed by atoms with Gasteiger partial charge in [0.2, 0.25) is 0 Å². The normalized spacial score (nSPS) is 23.6. The van der Waals surface area contributed by atoms with Crippen LogP contribution in [-0.4, -0.2) is 52.1 Å². The molecule has 1 aromatic carbocycles. The zero-order valence-electron chi connectivity index (χ0n) is 22.1. The van der Waals surface area contributed by atoms with E-state index >= 15 is 0 Å². The Bertz CT molecular complexity index is 1470. The van der Waals surface area contributed by atoms with Crippen LogP contribution < -0.4 is 20.9 Å². The lowest BCUT2D eigenvalue weighted by molar-refractivity contribution is -0.147. The van der Waals surface area contributed by atoms with E-state index in [1.165, 1.54) is 17.3 Å². The van der Waals surface area contributed by atoms with Gasteiger partial charge in [0.25, 0.3) is 5.56 Å². The summed E-state index contributed by atoms with van der Waals surface area (Å²) in [6, 6.07) is 3.39. The number of hydrogen-bond donors (Lipinski definition) is 3. The number of aliphatic hydroxyl groups excluding tert-OH is 1. The van der Waals surface area contributed by atoms with Gasteiger partial charge in [-0.25, -0.2) is 9.36 Å². The second-order valence-corrected chi connectivity index (χ2v) is 12.0. The lowest BCUT2D eigenvalue weighted by Gasteiger charge is -2.32. The van der Waals surface area contributed by atoms with Crippen molar-refractivity contribution < 1.29 is 46.2 Å². The number of aliphatic hydroxyl groups is 1. The maximum Gasteiger partial charge on any atom is 0.459 e. The van der Waals surface area contributed by atoms with Crippen molar-refractivity contribution in [3.63, 3.8) is 0 Å². The number of nitrogens with one attached hydrogen (secondary N) is 2. The summed E-state index contributed by atoms with van der Waals surface area (Å²) in [5.74, 6) is -0.961. The minimum atomic E-state index is -4.61. The highest BCUT2D eigenvalue weighted by atomic mass is 79.9. The van der Waals surface area contributed by atoms with E-state index < -0.39 is 67.3 Å². The predicted octanol–water partition coefficient (Wildman–Crippen LogP) is 3.85. The largest absolute Gasteiger partial charge is 0.468 e. The molecule has 1 saturated carbocycles. The molecule has 0 spiro atoms. The van der Waals surface area contributed by atoms with E-state index in [1.54, 1.807) is 0 Å². The first-order chi connectivity index (χ1) is 19.8. The van der Waals surface area contributed by atoms with Gasteiger partial charge in [0.05, 0.1) is 30.9 Å². The van der Waals surface area contributed by atoms with Crippen molar-refractivity contribution in [3.05, 3.63) is 67.4 Å².